The van der Waals surface area contributed by atoms with Crippen molar-refractivity contribution in [2.24, 2.45) is 11.3 Å². The molecule has 0 amide bonds. The van der Waals surface area contributed by atoms with Crippen molar-refractivity contribution in [1.29, 1.82) is 0 Å². The molecule has 0 radical (unpaired) electrons. The predicted molar refractivity (Wildman–Crippen MR) is 64.8 cm³/mol. The molecular weight excluding hydrogens is 188 g/mol. The zero-order valence-electron chi connectivity index (χ0n) is 11.0. The molecule has 0 aromatic heterocycles. The van der Waals surface area contributed by atoms with Crippen LogP contribution in [0.1, 0.15) is 60.3 Å². The Kier molecular flexibility index (Phi) is 6.46. The van der Waals surface area contributed by atoms with Gasteiger partial charge in [0.25, 0.3) is 0 Å². The van der Waals surface area contributed by atoms with E-state index in [9.17, 15) is 10.2 Å². The van der Waals surface area contributed by atoms with Crippen LogP contribution in [0.5, 0.6) is 0 Å². The first kappa shape index (κ1) is 14.9. The van der Waals surface area contributed by atoms with E-state index in [4.69, 9.17) is 0 Å². The fraction of sp³-hybridized carbons (Fsp3) is 1.00. The number of hydrogen-bond donors (Lipinski definition) is 2. The van der Waals surface area contributed by atoms with Crippen LogP contribution in [0.2, 0.25) is 0 Å². The van der Waals surface area contributed by atoms with Crippen molar-refractivity contribution in [3.05, 3.63) is 0 Å². The average molecular weight is 216 g/mol. The molecule has 0 aliphatic rings. The third-order valence-electron chi connectivity index (χ3n) is 2.81. The molecule has 2 N–H and O–H groups in total. The first-order valence-electron chi connectivity index (χ1n) is 6.09. The van der Waals surface area contributed by atoms with Crippen molar-refractivity contribution < 1.29 is 10.2 Å². The quantitative estimate of drug-likeness (QED) is 0.716. The van der Waals surface area contributed by atoms with E-state index in [-0.39, 0.29) is 11.5 Å². The molecule has 2 unspecified atom stereocenters. The van der Waals surface area contributed by atoms with Gasteiger partial charge in [-0.25, -0.2) is 0 Å². The van der Waals surface area contributed by atoms with Gasteiger partial charge in [0.2, 0.25) is 0 Å². The summed E-state index contributed by atoms with van der Waals surface area (Å²) in [7, 11) is 0. The summed E-state index contributed by atoms with van der Waals surface area (Å²) in [5, 5.41) is 19.5. The molecule has 15 heavy (non-hydrogen) atoms. The second kappa shape index (κ2) is 6.49. The highest BCUT2D eigenvalue weighted by molar-refractivity contribution is 4.75. The molecule has 2 nitrogen and oxygen atoms in total. The lowest BCUT2D eigenvalue weighted by molar-refractivity contribution is 0.0105. The van der Waals surface area contributed by atoms with Gasteiger partial charge in [-0.3, -0.25) is 0 Å². The van der Waals surface area contributed by atoms with E-state index in [1.807, 2.05) is 20.8 Å². The molecule has 0 aromatic carbocycles. The molecule has 0 saturated heterocycles. The summed E-state index contributed by atoms with van der Waals surface area (Å²) in [6.07, 6.45) is 2.76. The summed E-state index contributed by atoms with van der Waals surface area (Å²) < 4.78 is 0. The summed E-state index contributed by atoms with van der Waals surface area (Å²) >= 11 is 0. The topological polar surface area (TPSA) is 40.5 Å². The number of aliphatic hydroxyl groups excluding tert-OH is 2. The third-order valence-corrected chi connectivity index (χ3v) is 2.81. The summed E-state index contributed by atoms with van der Waals surface area (Å²) in [5.74, 6) is 0.699. The van der Waals surface area contributed by atoms with Crippen molar-refractivity contribution in [3.8, 4) is 0 Å². The van der Waals surface area contributed by atoms with Gasteiger partial charge in [-0.2, -0.15) is 0 Å². The van der Waals surface area contributed by atoms with Crippen LogP contribution in [-0.4, -0.2) is 22.4 Å². The minimum absolute atomic E-state index is 0.126. The van der Waals surface area contributed by atoms with Gasteiger partial charge in [0.05, 0.1) is 12.2 Å². The van der Waals surface area contributed by atoms with Crippen LogP contribution in [0.15, 0.2) is 0 Å². The molecule has 0 saturated carbocycles. The lowest BCUT2D eigenvalue weighted by atomic mass is 9.85. The Morgan fingerprint density at radius 3 is 1.93 bits per heavy atom. The summed E-state index contributed by atoms with van der Waals surface area (Å²) in [6.45, 7) is 10.4. The minimum Gasteiger partial charge on any atom is -0.393 e. The highest BCUT2D eigenvalue weighted by Gasteiger charge is 2.24. The first-order chi connectivity index (χ1) is 6.73. The van der Waals surface area contributed by atoms with Crippen molar-refractivity contribution in [2.45, 2.75) is 72.5 Å². The molecule has 2 heteroatoms. The van der Waals surface area contributed by atoms with Gasteiger partial charge in [-0.1, -0.05) is 47.5 Å². The molecule has 0 fully saturated rings. The largest absolute Gasteiger partial charge is 0.393 e. The van der Waals surface area contributed by atoms with Crippen molar-refractivity contribution in [1.82, 2.24) is 0 Å². The Morgan fingerprint density at radius 1 is 1.00 bits per heavy atom. The van der Waals surface area contributed by atoms with Crippen LogP contribution in [0.4, 0.5) is 0 Å². The Morgan fingerprint density at radius 2 is 1.53 bits per heavy atom. The Labute approximate surface area is 94.7 Å². The molecule has 0 heterocycles. The third kappa shape index (κ3) is 7.80. The van der Waals surface area contributed by atoms with Crippen LogP contribution in [-0.2, 0) is 0 Å². The maximum absolute atomic E-state index is 9.80. The van der Waals surface area contributed by atoms with E-state index in [0.717, 1.165) is 19.3 Å². The van der Waals surface area contributed by atoms with Gasteiger partial charge in [-0.05, 0) is 24.2 Å². The highest BCUT2D eigenvalue weighted by atomic mass is 16.3. The van der Waals surface area contributed by atoms with Crippen LogP contribution < -0.4 is 0 Å². The van der Waals surface area contributed by atoms with E-state index in [1.54, 1.807) is 0 Å². The predicted octanol–water partition coefficient (Wildman–Crippen LogP) is 2.97. The molecular formula is C13H28O2. The summed E-state index contributed by atoms with van der Waals surface area (Å²) in [5.41, 5.74) is -0.126. The van der Waals surface area contributed by atoms with Gasteiger partial charge in [0.15, 0.2) is 0 Å². The zero-order chi connectivity index (χ0) is 12.1. The molecule has 0 bridgehead atoms. The standard InChI is InChI=1S/C13H28O2/c1-10(2)7-6-8-11(14)9-12(15)13(3,4)5/h10-12,14-15H,6-9H2,1-5H3. The van der Waals surface area contributed by atoms with Gasteiger partial charge >= 0.3 is 0 Å². The van der Waals surface area contributed by atoms with Crippen molar-refractivity contribution in [2.75, 3.05) is 0 Å². The Bertz CT molecular complexity index is 158. The zero-order valence-corrected chi connectivity index (χ0v) is 11.0. The first-order valence-corrected chi connectivity index (χ1v) is 6.09. The lowest BCUT2D eigenvalue weighted by Gasteiger charge is -2.27. The number of rotatable bonds is 6. The average Bonchev–Trinajstić information content (AvgIpc) is 2.01. The van der Waals surface area contributed by atoms with Crippen molar-refractivity contribution in [3.63, 3.8) is 0 Å². The second-order valence-corrected chi connectivity index (χ2v) is 6.10. The molecule has 0 rings (SSSR count). The number of hydrogen-bond acceptors (Lipinski definition) is 2. The second-order valence-electron chi connectivity index (χ2n) is 6.10. The van der Waals surface area contributed by atoms with E-state index < -0.39 is 6.10 Å². The monoisotopic (exact) mass is 216 g/mol. The Hall–Kier alpha value is -0.0800. The molecule has 2 atom stereocenters. The van der Waals surface area contributed by atoms with Crippen LogP contribution in [0.25, 0.3) is 0 Å². The fourth-order valence-electron chi connectivity index (χ4n) is 1.49. The van der Waals surface area contributed by atoms with Crippen LogP contribution >= 0.6 is 0 Å². The van der Waals surface area contributed by atoms with Gasteiger partial charge < -0.3 is 10.2 Å². The molecule has 92 valence electrons. The molecule has 0 aliphatic heterocycles. The van der Waals surface area contributed by atoms with E-state index in [0.29, 0.717) is 12.3 Å². The van der Waals surface area contributed by atoms with E-state index >= 15 is 0 Å². The number of aliphatic hydroxyl groups is 2. The maximum atomic E-state index is 9.80. The molecule has 0 aromatic rings. The molecule has 0 spiro atoms. The van der Waals surface area contributed by atoms with Gasteiger partial charge in [-0.15, -0.1) is 0 Å². The summed E-state index contributed by atoms with van der Waals surface area (Å²) in [6, 6.07) is 0. The minimum atomic E-state index is -0.411. The Balaban J connectivity index is 3.69. The van der Waals surface area contributed by atoms with Crippen molar-refractivity contribution >= 4 is 0 Å². The highest BCUT2D eigenvalue weighted by Crippen LogP contribution is 2.24. The maximum Gasteiger partial charge on any atom is 0.0613 e. The lowest BCUT2D eigenvalue weighted by Crippen LogP contribution is -2.30. The fourth-order valence-corrected chi connectivity index (χ4v) is 1.49. The van der Waals surface area contributed by atoms with E-state index in [2.05, 4.69) is 13.8 Å². The van der Waals surface area contributed by atoms with Crippen LogP contribution in [0, 0.1) is 11.3 Å². The van der Waals surface area contributed by atoms with Gasteiger partial charge in [0.1, 0.15) is 0 Å². The SMILES string of the molecule is CC(C)CCCC(O)CC(O)C(C)(C)C. The van der Waals surface area contributed by atoms with E-state index in [1.165, 1.54) is 0 Å². The van der Waals surface area contributed by atoms with Crippen LogP contribution in [0.3, 0.4) is 0 Å². The summed E-state index contributed by atoms with van der Waals surface area (Å²) in [4.78, 5) is 0. The van der Waals surface area contributed by atoms with Gasteiger partial charge in [0, 0.05) is 0 Å². The normalized spacial score (nSPS) is 16.8. The smallest absolute Gasteiger partial charge is 0.0613 e. The molecule has 0 aliphatic carbocycles.